The molecule has 1 saturated heterocycles. The SMILES string of the molecule is OC(c1ccc(F)cn1)C1CCOC2(CCCC2)C1. The summed E-state index contributed by atoms with van der Waals surface area (Å²) in [6.45, 7) is 0.711. The zero-order valence-electron chi connectivity index (χ0n) is 11.0. The van der Waals surface area contributed by atoms with Crippen LogP contribution in [0.15, 0.2) is 18.3 Å². The maximum absolute atomic E-state index is 12.9. The fraction of sp³-hybridized carbons (Fsp3) is 0.667. The van der Waals surface area contributed by atoms with E-state index in [1.54, 1.807) is 6.07 Å². The van der Waals surface area contributed by atoms with Crippen molar-refractivity contribution in [2.45, 2.75) is 50.2 Å². The third kappa shape index (κ3) is 2.65. The minimum atomic E-state index is -0.609. The van der Waals surface area contributed by atoms with Gasteiger partial charge < -0.3 is 9.84 Å². The van der Waals surface area contributed by atoms with Crippen molar-refractivity contribution in [2.24, 2.45) is 5.92 Å². The van der Waals surface area contributed by atoms with Crippen molar-refractivity contribution in [3.63, 3.8) is 0 Å². The van der Waals surface area contributed by atoms with Crippen LogP contribution in [-0.4, -0.2) is 22.3 Å². The molecule has 2 aliphatic rings. The maximum atomic E-state index is 12.9. The molecule has 0 radical (unpaired) electrons. The van der Waals surface area contributed by atoms with Gasteiger partial charge in [-0.05, 0) is 43.7 Å². The van der Waals surface area contributed by atoms with Crippen molar-refractivity contribution >= 4 is 0 Å². The van der Waals surface area contributed by atoms with Crippen LogP contribution in [0.3, 0.4) is 0 Å². The van der Waals surface area contributed by atoms with Crippen LogP contribution in [0.4, 0.5) is 4.39 Å². The van der Waals surface area contributed by atoms with E-state index in [1.807, 2.05) is 0 Å². The van der Waals surface area contributed by atoms with Crippen LogP contribution in [0.5, 0.6) is 0 Å². The van der Waals surface area contributed by atoms with Gasteiger partial charge in [-0.15, -0.1) is 0 Å². The molecule has 19 heavy (non-hydrogen) atoms. The highest BCUT2D eigenvalue weighted by molar-refractivity contribution is 5.10. The van der Waals surface area contributed by atoms with E-state index in [0.29, 0.717) is 12.3 Å². The molecule has 0 aromatic carbocycles. The lowest BCUT2D eigenvalue weighted by Gasteiger charge is -2.39. The molecule has 1 spiro atoms. The Morgan fingerprint density at radius 1 is 1.37 bits per heavy atom. The quantitative estimate of drug-likeness (QED) is 0.894. The maximum Gasteiger partial charge on any atom is 0.141 e. The fourth-order valence-corrected chi connectivity index (χ4v) is 3.51. The predicted octanol–water partition coefficient (Wildman–Crippen LogP) is 2.99. The van der Waals surface area contributed by atoms with Gasteiger partial charge in [0.15, 0.2) is 0 Å². The molecule has 1 saturated carbocycles. The number of rotatable bonds is 2. The van der Waals surface area contributed by atoms with E-state index in [0.717, 1.165) is 25.7 Å². The molecule has 4 heteroatoms. The summed E-state index contributed by atoms with van der Waals surface area (Å²) in [5.41, 5.74) is 0.561. The summed E-state index contributed by atoms with van der Waals surface area (Å²) >= 11 is 0. The Morgan fingerprint density at radius 3 is 2.84 bits per heavy atom. The van der Waals surface area contributed by atoms with E-state index in [-0.39, 0.29) is 17.3 Å². The largest absolute Gasteiger partial charge is 0.387 e. The second kappa shape index (κ2) is 5.17. The number of aliphatic hydroxyl groups excluding tert-OH is 1. The van der Waals surface area contributed by atoms with Crippen molar-refractivity contribution in [2.75, 3.05) is 6.61 Å². The molecular formula is C15H20FNO2. The molecule has 2 unspecified atom stereocenters. The average Bonchev–Trinajstić information content (AvgIpc) is 2.87. The van der Waals surface area contributed by atoms with Gasteiger partial charge in [0.2, 0.25) is 0 Å². The number of pyridine rings is 1. The minimum Gasteiger partial charge on any atom is -0.387 e. The molecule has 3 rings (SSSR count). The van der Waals surface area contributed by atoms with Crippen molar-refractivity contribution in [1.82, 2.24) is 4.98 Å². The van der Waals surface area contributed by atoms with Gasteiger partial charge in [0, 0.05) is 6.61 Å². The molecule has 104 valence electrons. The fourth-order valence-electron chi connectivity index (χ4n) is 3.51. The van der Waals surface area contributed by atoms with E-state index in [4.69, 9.17) is 4.74 Å². The standard InChI is InChI=1S/C15H20FNO2/c16-12-3-4-13(17-10-12)14(18)11-5-8-19-15(9-11)6-1-2-7-15/h3-4,10-11,14,18H,1-2,5-9H2. The third-order valence-electron chi connectivity index (χ3n) is 4.55. The lowest BCUT2D eigenvalue weighted by molar-refractivity contribution is -0.113. The summed E-state index contributed by atoms with van der Waals surface area (Å²) in [5, 5.41) is 10.4. The first-order valence-corrected chi connectivity index (χ1v) is 7.12. The molecule has 1 aliphatic carbocycles. The average molecular weight is 265 g/mol. The second-order valence-corrected chi connectivity index (χ2v) is 5.84. The number of ether oxygens (including phenoxy) is 1. The van der Waals surface area contributed by atoms with E-state index >= 15 is 0 Å². The van der Waals surface area contributed by atoms with Crippen molar-refractivity contribution in [1.29, 1.82) is 0 Å². The van der Waals surface area contributed by atoms with Crippen LogP contribution in [0.25, 0.3) is 0 Å². The van der Waals surface area contributed by atoms with Crippen LogP contribution in [-0.2, 0) is 4.74 Å². The number of aromatic nitrogens is 1. The van der Waals surface area contributed by atoms with Gasteiger partial charge in [0.25, 0.3) is 0 Å². The highest BCUT2D eigenvalue weighted by Crippen LogP contribution is 2.45. The monoisotopic (exact) mass is 265 g/mol. The third-order valence-corrected chi connectivity index (χ3v) is 4.55. The Labute approximate surface area is 112 Å². The van der Waals surface area contributed by atoms with Gasteiger partial charge in [-0.25, -0.2) is 4.39 Å². The lowest BCUT2D eigenvalue weighted by Crippen LogP contribution is -2.39. The smallest absolute Gasteiger partial charge is 0.141 e. The Kier molecular flexibility index (Phi) is 3.54. The number of nitrogens with zero attached hydrogens (tertiary/aromatic N) is 1. The normalized spacial score (nSPS) is 27.6. The molecule has 2 atom stereocenters. The van der Waals surface area contributed by atoms with Gasteiger partial charge in [-0.1, -0.05) is 12.8 Å². The second-order valence-electron chi connectivity index (χ2n) is 5.84. The Hall–Kier alpha value is -1.00. The van der Waals surface area contributed by atoms with Gasteiger partial charge in [-0.3, -0.25) is 4.98 Å². The number of aliphatic hydroxyl groups is 1. The van der Waals surface area contributed by atoms with Crippen molar-refractivity contribution in [3.8, 4) is 0 Å². The first-order chi connectivity index (χ1) is 9.19. The molecule has 1 aromatic rings. The molecular weight excluding hydrogens is 245 g/mol. The van der Waals surface area contributed by atoms with Gasteiger partial charge in [0.1, 0.15) is 5.82 Å². The first-order valence-electron chi connectivity index (χ1n) is 7.12. The van der Waals surface area contributed by atoms with Crippen molar-refractivity contribution in [3.05, 3.63) is 29.8 Å². The summed E-state index contributed by atoms with van der Waals surface area (Å²) in [6.07, 6.45) is 6.95. The molecule has 2 fully saturated rings. The van der Waals surface area contributed by atoms with Gasteiger partial charge in [0.05, 0.1) is 23.6 Å². The summed E-state index contributed by atoms with van der Waals surface area (Å²) in [6, 6.07) is 2.94. The zero-order valence-corrected chi connectivity index (χ0v) is 11.0. The topological polar surface area (TPSA) is 42.4 Å². The predicted molar refractivity (Wildman–Crippen MR) is 69.0 cm³/mol. The van der Waals surface area contributed by atoms with Crippen molar-refractivity contribution < 1.29 is 14.2 Å². The highest BCUT2D eigenvalue weighted by atomic mass is 19.1. The number of hydrogen-bond acceptors (Lipinski definition) is 3. The van der Waals surface area contributed by atoms with Crippen LogP contribution < -0.4 is 0 Å². The van der Waals surface area contributed by atoms with Crippen LogP contribution in [0.1, 0.15) is 50.3 Å². The summed E-state index contributed by atoms with van der Waals surface area (Å²) in [5.74, 6) is -0.194. The molecule has 1 aliphatic heterocycles. The van der Waals surface area contributed by atoms with E-state index in [1.165, 1.54) is 25.1 Å². The Morgan fingerprint density at radius 2 is 2.16 bits per heavy atom. The molecule has 1 N–H and O–H groups in total. The van der Waals surface area contributed by atoms with Gasteiger partial charge in [-0.2, -0.15) is 0 Å². The van der Waals surface area contributed by atoms with E-state index in [2.05, 4.69) is 4.98 Å². The molecule has 0 bridgehead atoms. The van der Waals surface area contributed by atoms with Crippen LogP contribution >= 0.6 is 0 Å². The van der Waals surface area contributed by atoms with Gasteiger partial charge >= 0.3 is 0 Å². The number of halogens is 1. The molecule has 3 nitrogen and oxygen atoms in total. The number of hydrogen-bond donors (Lipinski definition) is 1. The van der Waals surface area contributed by atoms with E-state index < -0.39 is 6.10 Å². The Balaban J connectivity index is 1.72. The highest BCUT2D eigenvalue weighted by Gasteiger charge is 2.42. The summed E-state index contributed by atoms with van der Waals surface area (Å²) in [7, 11) is 0. The van der Waals surface area contributed by atoms with Crippen LogP contribution in [0, 0.1) is 11.7 Å². The summed E-state index contributed by atoms with van der Waals surface area (Å²) in [4.78, 5) is 4.00. The first kappa shape index (κ1) is 13.0. The molecule has 2 heterocycles. The Bertz CT molecular complexity index is 428. The molecule has 1 aromatic heterocycles. The van der Waals surface area contributed by atoms with Crippen LogP contribution in [0.2, 0.25) is 0 Å². The zero-order chi connectivity index (χ0) is 13.3. The molecule has 0 amide bonds. The lowest BCUT2D eigenvalue weighted by atomic mass is 9.81. The minimum absolute atomic E-state index is 0.00999. The summed E-state index contributed by atoms with van der Waals surface area (Å²) < 4.78 is 18.8. The van der Waals surface area contributed by atoms with E-state index in [9.17, 15) is 9.50 Å².